The lowest BCUT2D eigenvalue weighted by Gasteiger charge is -2.11. The van der Waals surface area contributed by atoms with E-state index in [0.29, 0.717) is 5.69 Å². The van der Waals surface area contributed by atoms with Crippen molar-refractivity contribution in [1.29, 1.82) is 0 Å². The van der Waals surface area contributed by atoms with E-state index in [4.69, 9.17) is 4.11 Å². The predicted molar refractivity (Wildman–Crippen MR) is 45.5 cm³/mol. The Morgan fingerprint density at radius 2 is 1.90 bits per heavy atom. The van der Waals surface area contributed by atoms with E-state index in [2.05, 4.69) is 0 Å². The van der Waals surface area contributed by atoms with Crippen LogP contribution in [0.4, 0.5) is 5.69 Å². The molecule has 0 radical (unpaired) electrons. The monoisotopic (exact) mass is 138 g/mol. The second-order valence-corrected chi connectivity index (χ2v) is 2.39. The standard InChI is InChI=1S/C9H13N/c1-8-4-6-9(7-5-8)10(2)3/h4-7H,1-3H3/i2D3. The summed E-state index contributed by atoms with van der Waals surface area (Å²) in [5.74, 6) is 0. The number of nitrogens with zero attached hydrogens (tertiary/aromatic N) is 1. The van der Waals surface area contributed by atoms with Gasteiger partial charge in [0.15, 0.2) is 0 Å². The molecule has 0 spiro atoms. The molecule has 0 aliphatic heterocycles. The van der Waals surface area contributed by atoms with E-state index in [1.54, 1.807) is 7.05 Å². The fraction of sp³-hybridized carbons (Fsp3) is 0.333. The number of anilines is 1. The molecule has 1 heteroatoms. The Morgan fingerprint density at radius 3 is 2.40 bits per heavy atom. The minimum absolute atomic E-state index is 0.714. The van der Waals surface area contributed by atoms with E-state index in [0.717, 1.165) is 5.56 Å². The van der Waals surface area contributed by atoms with E-state index in [1.807, 2.05) is 31.2 Å². The molecule has 0 fully saturated rings. The molecule has 1 aromatic carbocycles. The van der Waals surface area contributed by atoms with Crippen LogP contribution in [-0.4, -0.2) is 14.0 Å². The lowest BCUT2D eigenvalue weighted by molar-refractivity contribution is 1.13. The van der Waals surface area contributed by atoms with Gasteiger partial charge in [-0.2, -0.15) is 0 Å². The molecule has 0 aromatic heterocycles. The third-order valence-electron chi connectivity index (χ3n) is 1.42. The van der Waals surface area contributed by atoms with E-state index in [1.165, 1.54) is 4.90 Å². The smallest absolute Gasteiger partial charge is 0.0456 e. The van der Waals surface area contributed by atoms with E-state index >= 15 is 0 Å². The molecule has 0 atom stereocenters. The van der Waals surface area contributed by atoms with Crippen LogP contribution in [0.1, 0.15) is 9.68 Å². The molecule has 0 N–H and O–H groups in total. The average molecular weight is 138 g/mol. The quantitative estimate of drug-likeness (QED) is 0.574. The summed E-state index contributed by atoms with van der Waals surface area (Å²) in [7, 11) is 1.57. The highest BCUT2D eigenvalue weighted by Crippen LogP contribution is 2.10. The van der Waals surface area contributed by atoms with Crippen LogP contribution in [0.5, 0.6) is 0 Å². The van der Waals surface area contributed by atoms with Crippen molar-refractivity contribution in [3.05, 3.63) is 29.8 Å². The Labute approximate surface area is 66.5 Å². The first kappa shape index (κ1) is 4.02. The fourth-order valence-electron chi connectivity index (χ4n) is 0.768. The molecule has 0 saturated carbocycles. The van der Waals surface area contributed by atoms with Crippen molar-refractivity contribution in [2.45, 2.75) is 6.92 Å². The van der Waals surface area contributed by atoms with Crippen LogP contribution in [-0.2, 0) is 0 Å². The van der Waals surface area contributed by atoms with Gasteiger partial charge in [0.2, 0.25) is 0 Å². The molecule has 0 aliphatic rings. The van der Waals surface area contributed by atoms with Crippen molar-refractivity contribution in [3.8, 4) is 0 Å². The van der Waals surface area contributed by atoms with Crippen molar-refractivity contribution >= 4 is 5.69 Å². The van der Waals surface area contributed by atoms with Gasteiger partial charge in [-0.05, 0) is 19.1 Å². The van der Waals surface area contributed by atoms with Gasteiger partial charge in [-0.3, -0.25) is 0 Å². The maximum atomic E-state index is 7.19. The minimum atomic E-state index is -2.06. The summed E-state index contributed by atoms with van der Waals surface area (Å²) in [6, 6.07) is 7.42. The molecule has 1 rings (SSSR count). The molecular weight excluding hydrogens is 122 g/mol. The van der Waals surface area contributed by atoms with Crippen LogP contribution in [0.15, 0.2) is 24.3 Å². The number of rotatable bonds is 1. The van der Waals surface area contributed by atoms with Crippen molar-refractivity contribution < 1.29 is 4.11 Å². The zero-order valence-corrected chi connectivity index (χ0v) is 6.26. The largest absolute Gasteiger partial charge is 0.378 e. The van der Waals surface area contributed by atoms with Crippen LogP contribution in [0.2, 0.25) is 0 Å². The zero-order valence-electron chi connectivity index (χ0n) is 9.26. The molecule has 1 aromatic rings. The van der Waals surface area contributed by atoms with E-state index < -0.39 is 6.98 Å². The summed E-state index contributed by atoms with van der Waals surface area (Å²) < 4.78 is 21.6. The number of hydrogen-bond donors (Lipinski definition) is 0. The minimum Gasteiger partial charge on any atom is -0.378 e. The normalized spacial score (nSPS) is 15.2. The SMILES string of the molecule is [2H]C([2H])([2H])N(C)c1ccc(C)cc1. The third kappa shape index (κ3) is 1.50. The second-order valence-electron chi connectivity index (χ2n) is 2.39. The van der Waals surface area contributed by atoms with Gasteiger partial charge in [0.05, 0.1) is 0 Å². The Morgan fingerprint density at radius 1 is 1.30 bits per heavy atom. The Bertz CT molecular complexity index is 276. The average Bonchev–Trinajstić information content (AvgIpc) is 2.03. The summed E-state index contributed by atoms with van der Waals surface area (Å²) in [5, 5.41) is 0. The van der Waals surface area contributed by atoms with Gasteiger partial charge in [0.25, 0.3) is 0 Å². The molecule has 54 valence electrons. The third-order valence-corrected chi connectivity index (χ3v) is 1.42. The molecule has 0 amide bonds. The number of hydrogen-bond acceptors (Lipinski definition) is 1. The lowest BCUT2D eigenvalue weighted by Crippen LogP contribution is -2.07. The van der Waals surface area contributed by atoms with Gasteiger partial charge in [-0.15, -0.1) is 0 Å². The number of benzene rings is 1. The van der Waals surface area contributed by atoms with Crippen LogP contribution in [0.3, 0.4) is 0 Å². The molecule has 0 unspecified atom stereocenters. The fourth-order valence-corrected chi connectivity index (χ4v) is 0.768. The van der Waals surface area contributed by atoms with Crippen molar-refractivity contribution in [2.24, 2.45) is 0 Å². The first-order chi connectivity index (χ1) is 5.91. The van der Waals surface area contributed by atoms with Crippen LogP contribution >= 0.6 is 0 Å². The van der Waals surface area contributed by atoms with Gasteiger partial charge in [-0.25, -0.2) is 0 Å². The van der Waals surface area contributed by atoms with E-state index in [-0.39, 0.29) is 0 Å². The summed E-state index contributed by atoms with van der Waals surface area (Å²) in [4.78, 5) is 1.28. The Balaban J connectivity index is 2.90. The molecule has 0 bridgehead atoms. The molecule has 10 heavy (non-hydrogen) atoms. The Hall–Kier alpha value is -0.980. The maximum Gasteiger partial charge on any atom is 0.0456 e. The second kappa shape index (κ2) is 2.74. The first-order valence-corrected chi connectivity index (χ1v) is 3.22. The van der Waals surface area contributed by atoms with E-state index in [9.17, 15) is 0 Å². The zero-order chi connectivity index (χ0) is 10.1. The topological polar surface area (TPSA) is 3.24 Å². The van der Waals surface area contributed by atoms with Gasteiger partial charge >= 0.3 is 0 Å². The summed E-state index contributed by atoms with van der Waals surface area (Å²) in [6.45, 7) is -0.0889. The summed E-state index contributed by atoms with van der Waals surface area (Å²) >= 11 is 0. The number of aryl methyl sites for hydroxylation is 1. The molecule has 0 heterocycles. The maximum absolute atomic E-state index is 7.19. The highest BCUT2D eigenvalue weighted by Gasteiger charge is 1.90. The van der Waals surface area contributed by atoms with Gasteiger partial charge in [0, 0.05) is 23.8 Å². The summed E-state index contributed by atoms with van der Waals surface area (Å²) in [6.07, 6.45) is 0. The van der Waals surface area contributed by atoms with Crippen molar-refractivity contribution in [2.75, 3.05) is 18.9 Å². The molecular formula is C9H13N. The van der Waals surface area contributed by atoms with Gasteiger partial charge in [-0.1, -0.05) is 17.7 Å². The van der Waals surface area contributed by atoms with Crippen LogP contribution < -0.4 is 4.90 Å². The summed E-state index contributed by atoms with van der Waals surface area (Å²) in [5.41, 5.74) is 1.84. The van der Waals surface area contributed by atoms with Gasteiger partial charge in [0.1, 0.15) is 0 Å². The highest BCUT2D eigenvalue weighted by atomic mass is 15.1. The van der Waals surface area contributed by atoms with Crippen LogP contribution in [0, 0.1) is 6.92 Å². The van der Waals surface area contributed by atoms with Gasteiger partial charge < -0.3 is 4.90 Å². The first-order valence-electron chi connectivity index (χ1n) is 4.72. The van der Waals surface area contributed by atoms with Crippen molar-refractivity contribution in [1.82, 2.24) is 0 Å². The highest BCUT2D eigenvalue weighted by molar-refractivity contribution is 5.45. The molecule has 0 saturated heterocycles. The Kier molecular flexibility index (Phi) is 1.10. The molecule has 0 aliphatic carbocycles. The lowest BCUT2D eigenvalue weighted by atomic mass is 10.2. The van der Waals surface area contributed by atoms with Crippen molar-refractivity contribution in [3.63, 3.8) is 0 Å². The predicted octanol–water partition coefficient (Wildman–Crippen LogP) is 2.06. The van der Waals surface area contributed by atoms with Crippen LogP contribution in [0.25, 0.3) is 0 Å². The molecule has 1 nitrogen and oxygen atoms in total.